The molecule has 1 N–H and O–H groups in total. The van der Waals surface area contributed by atoms with Crippen molar-refractivity contribution in [2.75, 3.05) is 19.1 Å². The maximum Gasteiger partial charge on any atom is 0.294 e. The summed E-state index contributed by atoms with van der Waals surface area (Å²) in [6.07, 6.45) is 2.47. The molecule has 2 aromatic rings. The largest absolute Gasteiger partial charge is 0.493 e. The number of benzene rings is 2. The van der Waals surface area contributed by atoms with Crippen LogP contribution < -0.4 is 14.9 Å². The van der Waals surface area contributed by atoms with Gasteiger partial charge in [-0.15, -0.1) is 0 Å². The average Bonchev–Trinajstić information content (AvgIpc) is 2.60. The molecule has 0 unspecified atom stereocenters. The molecule has 2 aromatic carbocycles. The average molecular weight is 329 g/mol. The van der Waals surface area contributed by atoms with Gasteiger partial charge in [0.05, 0.1) is 24.9 Å². The van der Waals surface area contributed by atoms with E-state index in [1.54, 1.807) is 43.7 Å². The van der Waals surface area contributed by atoms with Crippen molar-refractivity contribution in [3.63, 3.8) is 0 Å². The SMILES string of the molecule is CCCOc1ccc(/C=N\Nc2ccccc2[N+](=O)[O-])cc1OC. The van der Waals surface area contributed by atoms with Crippen LogP contribution in [0.2, 0.25) is 0 Å². The second kappa shape index (κ2) is 8.52. The third-order valence-corrected chi connectivity index (χ3v) is 3.15. The fraction of sp³-hybridized carbons (Fsp3) is 0.235. The second-order valence-electron chi connectivity index (χ2n) is 4.90. The molecule has 0 aromatic heterocycles. The summed E-state index contributed by atoms with van der Waals surface area (Å²) in [4.78, 5) is 10.5. The predicted octanol–water partition coefficient (Wildman–Crippen LogP) is 3.84. The molecule has 0 aliphatic heterocycles. The summed E-state index contributed by atoms with van der Waals surface area (Å²) in [6.45, 7) is 2.64. The predicted molar refractivity (Wildman–Crippen MR) is 93.1 cm³/mol. The van der Waals surface area contributed by atoms with Crippen LogP contribution in [0.15, 0.2) is 47.6 Å². The molecule has 0 fully saturated rings. The standard InChI is InChI=1S/C17H19N3O4/c1-3-10-24-16-9-8-13(11-17(16)23-2)12-18-19-14-6-4-5-7-15(14)20(21)22/h4-9,11-12,19H,3,10H2,1-2H3/b18-12-. The number of nitro groups is 1. The fourth-order valence-corrected chi connectivity index (χ4v) is 2.00. The van der Waals surface area contributed by atoms with E-state index in [-0.39, 0.29) is 5.69 Å². The summed E-state index contributed by atoms with van der Waals surface area (Å²) in [5.41, 5.74) is 3.76. The summed E-state index contributed by atoms with van der Waals surface area (Å²) >= 11 is 0. The van der Waals surface area contributed by atoms with Crippen LogP contribution in [0, 0.1) is 10.1 Å². The molecule has 0 bridgehead atoms. The molecule has 7 nitrogen and oxygen atoms in total. The normalized spacial score (nSPS) is 10.6. The van der Waals surface area contributed by atoms with Crippen LogP contribution in [0.3, 0.4) is 0 Å². The zero-order chi connectivity index (χ0) is 17.4. The Labute approximate surface area is 140 Å². The first kappa shape index (κ1) is 17.3. The molecule has 0 saturated carbocycles. The monoisotopic (exact) mass is 329 g/mol. The smallest absolute Gasteiger partial charge is 0.294 e. The molecule has 0 amide bonds. The van der Waals surface area contributed by atoms with Gasteiger partial charge in [-0.2, -0.15) is 5.10 Å². The number of hydrogen-bond acceptors (Lipinski definition) is 6. The molecule has 0 aliphatic rings. The van der Waals surface area contributed by atoms with Gasteiger partial charge < -0.3 is 9.47 Å². The lowest BCUT2D eigenvalue weighted by Crippen LogP contribution is -1.99. The molecule has 0 aliphatic carbocycles. The third kappa shape index (κ3) is 4.45. The molecule has 0 atom stereocenters. The molecule has 126 valence electrons. The van der Waals surface area contributed by atoms with E-state index in [1.165, 1.54) is 6.07 Å². The molecule has 0 spiro atoms. The topological polar surface area (TPSA) is 86.0 Å². The summed E-state index contributed by atoms with van der Waals surface area (Å²) in [6, 6.07) is 11.7. The lowest BCUT2D eigenvalue weighted by molar-refractivity contribution is -0.384. The highest BCUT2D eigenvalue weighted by atomic mass is 16.6. The minimum Gasteiger partial charge on any atom is -0.493 e. The minimum atomic E-state index is -0.458. The Kier molecular flexibility index (Phi) is 6.13. The highest BCUT2D eigenvalue weighted by molar-refractivity contribution is 5.81. The van der Waals surface area contributed by atoms with Gasteiger partial charge in [-0.3, -0.25) is 15.5 Å². The lowest BCUT2D eigenvalue weighted by Gasteiger charge is -2.10. The Hall–Kier alpha value is -3.09. The van der Waals surface area contributed by atoms with E-state index in [0.29, 0.717) is 23.8 Å². The summed E-state index contributed by atoms with van der Waals surface area (Å²) < 4.78 is 10.9. The molecular formula is C17H19N3O4. The first-order valence-corrected chi connectivity index (χ1v) is 7.49. The lowest BCUT2D eigenvalue weighted by atomic mass is 10.2. The zero-order valence-corrected chi connectivity index (χ0v) is 13.6. The third-order valence-electron chi connectivity index (χ3n) is 3.15. The summed E-state index contributed by atoms with van der Waals surface area (Å²) in [5, 5.41) is 15.0. The van der Waals surface area contributed by atoms with Gasteiger partial charge in [0.25, 0.3) is 5.69 Å². The van der Waals surface area contributed by atoms with Crippen molar-refractivity contribution in [2.24, 2.45) is 5.10 Å². The Morgan fingerprint density at radius 2 is 2.04 bits per heavy atom. The van der Waals surface area contributed by atoms with Crippen molar-refractivity contribution in [1.29, 1.82) is 0 Å². The Bertz CT molecular complexity index is 732. The van der Waals surface area contributed by atoms with Gasteiger partial charge in [0.15, 0.2) is 11.5 Å². The van der Waals surface area contributed by atoms with Crippen LogP contribution in [0.25, 0.3) is 0 Å². The van der Waals surface area contributed by atoms with E-state index in [0.717, 1.165) is 12.0 Å². The number of methoxy groups -OCH3 is 1. The van der Waals surface area contributed by atoms with Crippen molar-refractivity contribution in [3.05, 3.63) is 58.1 Å². The van der Waals surface area contributed by atoms with Gasteiger partial charge in [-0.1, -0.05) is 19.1 Å². The number of para-hydroxylation sites is 2. The zero-order valence-electron chi connectivity index (χ0n) is 13.6. The molecule has 2 rings (SSSR count). The van der Waals surface area contributed by atoms with Crippen LogP contribution in [0.1, 0.15) is 18.9 Å². The molecule has 0 saturated heterocycles. The highest BCUT2D eigenvalue weighted by Gasteiger charge is 2.11. The molecule has 0 radical (unpaired) electrons. The van der Waals surface area contributed by atoms with E-state index in [9.17, 15) is 10.1 Å². The first-order valence-electron chi connectivity index (χ1n) is 7.49. The van der Waals surface area contributed by atoms with E-state index >= 15 is 0 Å². The van der Waals surface area contributed by atoms with Crippen molar-refractivity contribution in [2.45, 2.75) is 13.3 Å². The van der Waals surface area contributed by atoms with Crippen LogP contribution in [0.5, 0.6) is 11.5 Å². The molecule has 0 heterocycles. The van der Waals surface area contributed by atoms with Crippen LogP contribution in [0.4, 0.5) is 11.4 Å². The van der Waals surface area contributed by atoms with Crippen LogP contribution >= 0.6 is 0 Å². The number of anilines is 1. The number of ether oxygens (including phenoxy) is 2. The van der Waals surface area contributed by atoms with Crippen LogP contribution in [-0.2, 0) is 0 Å². The highest BCUT2D eigenvalue weighted by Crippen LogP contribution is 2.28. The van der Waals surface area contributed by atoms with Gasteiger partial charge in [-0.05, 0) is 36.2 Å². The molecular weight excluding hydrogens is 310 g/mol. The Morgan fingerprint density at radius 1 is 1.25 bits per heavy atom. The number of nitro benzene ring substituents is 1. The summed E-state index contributed by atoms with van der Waals surface area (Å²) in [5.74, 6) is 1.28. The second-order valence-corrected chi connectivity index (χ2v) is 4.90. The molecule has 24 heavy (non-hydrogen) atoms. The van der Waals surface area contributed by atoms with Gasteiger partial charge >= 0.3 is 0 Å². The van der Waals surface area contributed by atoms with Gasteiger partial charge in [0.2, 0.25) is 0 Å². The number of hydrazone groups is 1. The van der Waals surface area contributed by atoms with Gasteiger partial charge in [0, 0.05) is 6.07 Å². The Morgan fingerprint density at radius 3 is 2.75 bits per heavy atom. The van der Waals surface area contributed by atoms with E-state index in [4.69, 9.17) is 9.47 Å². The quantitative estimate of drug-likeness (QED) is 0.452. The number of hydrogen-bond donors (Lipinski definition) is 1. The fourth-order valence-electron chi connectivity index (χ4n) is 2.00. The van der Waals surface area contributed by atoms with Crippen molar-refractivity contribution in [1.82, 2.24) is 0 Å². The number of nitrogens with one attached hydrogen (secondary N) is 1. The van der Waals surface area contributed by atoms with Gasteiger partial charge in [0.1, 0.15) is 5.69 Å². The Balaban J connectivity index is 2.11. The maximum atomic E-state index is 10.9. The number of nitrogens with zero attached hydrogens (tertiary/aromatic N) is 2. The number of rotatable bonds is 8. The van der Waals surface area contributed by atoms with E-state index < -0.39 is 4.92 Å². The van der Waals surface area contributed by atoms with Gasteiger partial charge in [-0.25, -0.2) is 0 Å². The van der Waals surface area contributed by atoms with E-state index in [2.05, 4.69) is 10.5 Å². The first-order chi connectivity index (χ1) is 11.7. The van der Waals surface area contributed by atoms with Crippen LogP contribution in [-0.4, -0.2) is 24.9 Å². The van der Waals surface area contributed by atoms with Crippen molar-refractivity contribution < 1.29 is 14.4 Å². The van der Waals surface area contributed by atoms with Crippen molar-refractivity contribution >= 4 is 17.6 Å². The molecule has 7 heteroatoms. The van der Waals surface area contributed by atoms with E-state index in [1.807, 2.05) is 13.0 Å². The summed E-state index contributed by atoms with van der Waals surface area (Å²) in [7, 11) is 1.57. The minimum absolute atomic E-state index is 0.0319. The van der Waals surface area contributed by atoms with Crippen molar-refractivity contribution in [3.8, 4) is 11.5 Å². The maximum absolute atomic E-state index is 10.9.